The third-order valence-corrected chi connectivity index (χ3v) is 5.75. The normalized spacial score (nSPS) is 11.5. The zero-order valence-corrected chi connectivity index (χ0v) is 23.4. The summed E-state index contributed by atoms with van der Waals surface area (Å²) in [7, 11) is 0. The molecule has 1 aromatic carbocycles. The summed E-state index contributed by atoms with van der Waals surface area (Å²) < 4.78 is 0. The van der Waals surface area contributed by atoms with Crippen LogP contribution in [0.5, 0.6) is 0 Å². The van der Waals surface area contributed by atoms with E-state index in [-0.39, 0.29) is 59.4 Å². The Bertz CT molecular complexity index is 746. The van der Waals surface area contributed by atoms with Crippen molar-refractivity contribution in [1.82, 2.24) is 0 Å². The molecule has 0 heterocycles. The number of carboxylic acid groups (broad SMARTS) is 1. The maximum absolute atomic E-state index is 12.1. The number of carbonyl (C=O) groups excluding carboxylic acids is 1. The van der Waals surface area contributed by atoms with Gasteiger partial charge in [-0.15, -0.1) is 0 Å². The van der Waals surface area contributed by atoms with Gasteiger partial charge in [0.15, 0.2) is 0 Å². The fourth-order valence-corrected chi connectivity index (χ4v) is 3.74. The molecule has 0 saturated carbocycles. The molecule has 184 valence electrons. The monoisotopic (exact) mass is 479 g/mol. The van der Waals surface area contributed by atoms with Crippen molar-refractivity contribution in [2.24, 2.45) is 4.99 Å². The summed E-state index contributed by atoms with van der Waals surface area (Å²) in [5.74, 6) is -1.63. The van der Waals surface area contributed by atoms with Gasteiger partial charge in [0, 0.05) is 19.4 Å². The number of Topliss-reactive ketones (excluding diaryl/α,β-unsaturated/α-hetero) is 1. The maximum atomic E-state index is 12.1. The summed E-state index contributed by atoms with van der Waals surface area (Å²) in [5.41, 5.74) is 0.000532. The van der Waals surface area contributed by atoms with E-state index < -0.39 is 11.9 Å². The van der Waals surface area contributed by atoms with Gasteiger partial charge in [0.25, 0.3) is 0 Å². The van der Waals surface area contributed by atoms with Gasteiger partial charge in [0.1, 0.15) is 5.78 Å². The number of aromatic carboxylic acids is 1. The van der Waals surface area contributed by atoms with E-state index in [1.54, 1.807) is 12.1 Å². The molecule has 0 amide bonds. The first-order valence-corrected chi connectivity index (χ1v) is 12.8. The van der Waals surface area contributed by atoms with E-state index in [9.17, 15) is 14.7 Å². The molecular formula is C28H42NNaO4. The smallest absolute Gasteiger partial charge is 0.858 e. The van der Waals surface area contributed by atoms with Crippen LogP contribution in [0.15, 0.2) is 41.4 Å². The van der Waals surface area contributed by atoms with Crippen molar-refractivity contribution >= 4 is 17.7 Å². The van der Waals surface area contributed by atoms with Crippen LogP contribution in [0, 0.1) is 0 Å². The summed E-state index contributed by atoms with van der Waals surface area (Å²) in [6, 6.07) is 6.00. The van der Waals surface area contributed by atoms with Crippen LogP contribution in [0.1, 0.15) is 119 Å². The van der Waals surface area contributed by atoms with Gasteiger partial charge in [-0.05, 0) is 49.6 Å². The first kappa shape index (κ1) is 32.6. The molecule has 0 saturated heterocycles. The molecule has 0 radical (unpaired) electrons. The number of benzene rings is 1. The van der Waals surface area contributed by atoms with Gasteiger partial charge in [0.05, 0.1) is 5.56 Å². The Morgan fingerprint density at radius 3 is 1.94 bits per heavy atom. The van der Waals surface area contributed by atoms with Gasteiger partial charge in [-0.3, -0.25) is 4.79 Å². The van der Waals surface area contributed by atoms with Crippen molar-refractivity contribution in [3.05, 3.63) is 47.5 Å². The average Bonchev–Trinajstić information content (AvgIpc) is 2.81. The molecule has 0 aliphatic carbocycles. The third-order valence-electron chi connectivity index (χ3n) is 5.75. The number of rotatable bonds is 20. The third kappa shape index (κ3) is 16.2. The molecule has 0 bridgehead atoms. The van der Waals surface area contributed by atoms with Crippen LogP contribution in [-0.4, -0.2) is 29.3 Å². The SMILES string of the molecule is CCCCCCCC/C=C\CCCCCCCC(=O)CCN=C([O-])c1ccccc1C(=O)O.[Na+]. The predicted molar refractivity (Wildman–Crippen MR) is 134 cm³/mol. The van der Waals surface area contributed by atoms with E-state index in [2.05, 4.69) is 24.1 Å². The quantitative estimate of drug-likeness (QED) is 0.102. The molecule has 0 fully saturated rings. The molecule has 0 spiro atoms. The second-order valence-electron chi connectivity index (χ2n) is 8.66. The van der Waals surface area contributed by atoms with E-state index in [0.29, 0.717) is 6.42 Å². The molecule has 1 N–H and O–H groups in total. The number of hydrogen-bond donors (Lipinski definition) is 1. The van der Waals surface area contributed by atoms with E-state index in [1.165, 1.54) is 69.9 Å². The Labute approximate surface area is 228 Å². The van der Waals surface area contributed by atoms with Gasteiger partial charge in [0.2, 0.25) is 0 Å². The summed E-state index contributed by atoms with van der Waals surface area (Å²) in [6.07, 6.45) is 21.3. The van der Waals surface area contributed by atoms with Crippen molar-refractivity contribution < 1.29 is 49.4 Å². The van der Waals surface area contributed by atoms with E-state index in [0.717, 1.165) is 25.7 Å². The molecule has 1 aromatic rings. The van der Waals surface area contributed by atoms with Crippen LogP contribution in [0.2, 0.25) is 0 Å². The zero-order valence-electron chi connectivity index (χ0n) is 21.4. The number of carbonyl (C=O) groups is 2. The molecule has 0 aliphatic heterocycles. The van der Waals surface area contributed by atoms with E-state index >= 15 is 0 Å². The number of carboxylic acids is 1. The van der Waals surface area contributed by atoms with Crippen LogP contribution in [0.4, 0.5) is 0 Å². The number of ketones is 1. The van der Waals surface area contributed by atoms with E-state index in [1.807, 2.05) is 0 Å². The average molecular weight is 480 g/mol. The maximum Gasteiger partial charge on any atom is 1.00 e. The standard InChI is InChI=1S/C28H43NO4.Na/c1-2-3-4-5-6-7-8-9-10-11-12-13-14-15-16-19-24(30)22-23-29-27(31)25-20-17-18-21-26(25)28(32)33;/h9-10,17-18,20-21H,2-8,11-16,19,22-23H2,1H3,(H,29,31)(H,32,33);/q;+1/p-1/b10-9-;. The summed E-state index contributed by atoms with van der Waals surface area (Å²) >= 11 is 0. The number of hydrogen-bond acceptors (Lipinski definition) is 4. The van der Waals surface area contributed by atoms with Gasteiger partial charge in [-0.25, -0.2) is 4.79 Å². The Kier molecular flexibility index (Phi) is 21.1. The molecule has 34 heavy (non-hydrogen) atoms. The fraction of sp³-hybridized carbons (Fsp3) is 0.607. The second kappa shape index (κ2) is 22.1. The molecule has 0 aromatic heterocycles. The fourth-order valence-electron chi connectivity index (χ4n) is 3.74. The van der Waals surface area contributed by atoms with Crippen LogP contribution in [-0.2, 0) is 4.79 Å². The minimum Gasteiger partial charge on any atom is -0.858 e. The molecule has 1 rings (SSSR count). The first-order valence-electron chi connectivity index (χ1n) is 12.8. The topological polar surface area (TPSA) is 89.8 Å². The molecule has 0 unspecified atom stereocenters. The van der Waals surface area contributed by atoms with E-state index in [4.69, 9.17) is 5.11 Å². The summed E-state index contributed by atoms with van der Waals surface area (Å²) in [6.45, 7) is 2.36. The summed E-state index contributed by atoms with van der Waals surface area (Å²) in [5, 5.41) is 21.3. The molecule has 0 aliphatic rings. The largest absolute Gasteiger partial charge is 1.00 e. The minimum absolute atomic E-state index is 0. The number of aliphatic imine (C=N–C) groups is 1. The van der Waals surface area contributed by atoms with Crippen LogP contribution in [0.3, 0.4) is 0 Å². The number of unbranched alkanes of at least 4 members (excludes halogenated alkanes) is 11. The molecule has 5 nitrogen and oxygen atoms in total. The van der Waals surface area contributed by atoms with Gasteiger partial charge >= 0.3 is 35.5 Å². The van der Waals surface area contributed by atoms with Crippen molar-refractivity contribution in [2.45, 2.75) is 103 Å². The summed E-state index contributed by atoms with van der Waals surface area (Å²) in [4.78, 5) is 27.0. The Hall–Kier alpha value is -1.43. The second-order valence-corrected chi connectivity index (χ2v) is 8.66. The van der Waals surface area contributed by atoms with Crippen molar-refractivity contribution in [1.29, 1.82) is 0 Å². The van der Waals surface area contributed by atoms with Crippen LogP contribution < -0.4 is 34.7 Å². The zero-order chi connectivity index (χ0) is 24.2. The number of allylic oxidation sites excluding steroid dienone is 2. The van der Waals surface area contributed by atoms with Gasteiger partial charge in [-0.2, -0.15) is 0 Å². The molecular weight excluding hydrogens is 437 g/mol. The Balaban J connectivity index is 0.0000109. The molecule has 0 atom stereocenters. The predicted octanol–water partition coefficient (Wildman–Crippen LogP) is 3.49. The first-order chi connectivity index (χ1) is 16.1. The minimum atomic E-state index is -1.16. The van der Waals surface area contributed by atoms with Crippen molar-refractivity contribution in [3.8, 4) is 0 Å². The van der Waals surface area contributed by atoms with Crippen molar-refractivity contribution in [2.75, 3.05) is 6.54 Å². The molecule has 6 heteroatoms. The van der Waals surface area contributed by atoms with Gasteiger partial charge in [-0.1, -0.05) is 88.6 Å². The van der Waals surface area contributed by atoms with Crippen LogP contribution in [0.25, 0.3) is 0 Å². The Morgan fingerprint density at radius 1 is 0.824 bits per heavy atom. The Morgan fingerprint density at radius 2 is 1.35 bits per heavy atom. The van der Waals surface area contributed by atoms with Gasteiger partial charge < -0.3 is 15.2 Å². The van der Waals surface area contributed by atoms with Crippen LogP contribution >= 0.6 is 0 Å². The van der Waals surface area contributed by atoms with Crippen molar-refractivity contribution in [3.63, 3.8) is 0 Å². The number of nitrogens with zero attached hydrogens (tertiary/aromatic N) is 1.